The van der Waals surface area contributed by atoms with Crippen LogP contribution in [-0.4, -0.2) is 13.4 Å². The molecule has 1 heterocycles. The van der Waals surface area contributed by atoms with Gasteiger partial charge in [-0.05, 0) is 40.2 Å². The van der Waals surface area contributed by atoms with E-state index in [9.17, 15) is 8.42 Å². The van der Waals surface area contributed by atoms with Crippen LogP contribution in [-0.2, 0) is 10.0 Å². The lowest BCUT2D eigenvalue weighted by Gasteiger charge is -2.11. The minimum atomic E-state index is -3.83. The monoisotopic (exact) mass is 410 g/mol. The Balaban J connectivity index is 2.35. The predicted octanol–water partition coefficient (Wildman–Crippen LogP) is 3.24. The Labute approximate surface area is 139 Å². The summed E-state index contributed by atoms with van der Waals surface area (Å²) in [6, 6.07) is 5.88. The van der Waals surface area contributed by atoms with E-state index in [1.165, 1.54) is 24.4 Å². The molecule has 2 aromatic rings. The summed E-state index contributed by atoms with van der Waals surface area (Å²) in [5.74, 6) is 5.52. The second kappa shape index (κ2) is 6.37. The predicted molar refractivity (Wildman–Crippen MR) is 87.0 cm³/mol. The Morgan fingerprint density at radius 2 is 1.86 bits per heavy atom. The zero-order chi connectivity index (χ0) is 15.6. The Morgan fingerprint density at radius 1 is 1.14 bits per heavy atom. The molecule has 21 heavy (non-hydrogen) atoms. The maximum absolute atomic E-state index is 12.2. The van der Waals surface area contributed by atoms with Crippen molar-refractivity contribution >= 4 is 60.7 Å². The summed E-state index contributed by atoms with van der Waals surface area (Å²) in [4.78, 5) is 3.81. The third-order valence-corrected chi connectivity index (χ3v) is 5.60. The van der Waals surface area contributed by atoms with Crippen molar-refractivity contribution in [3.8, 4) is 0 Å². The molecule has 0 unspecified atom stereocenters. The number of nitrogens with one attached hydrogen (secondary N) is 2. The van der Waals surface area contributed by atoms with Gasteiger partial charge in [-0.3, -0.25) is 4.72 Å². The highest BCUT2D eigenvalue weighted by Gasteiger charge is 2.18. The minimum Gasteiger partial charge on any atom is -0.308 e. The molecular weight excluding hydrogens is 403 g/mol. The Hall–Kier alpha value is -1.06. The van der Waals surface area contributed by atoms with E-state index in [0.717, 1.165) is 0 Å². The Morgan fingerprint density at radius 3 is 2.43 bits per heavy atom. The van der Waals surface area contributed by atoms with E-state index in [2.05, 4.69) is 31.1 Å². The highest BCUT2D eigenvalue weighted by molar-refractivity contribution is 9.10. The number of sulfonamides is 1. The van der Waals surface area contributed by atoms with Gasteiger partial charge in [-0.15, -0.1) is 0 Å². The molecule has 0 aliphatic carbocycles. The average Bonchev–Trinajstić information content (AvgIpc) is 2.48. The normalized spacial score (nSPS) is 11.2. The second-order valence-electron chi connectivity index (χ2n) is 3.85. The molecule has 0 aliphatic heterocycles. The summed E-state index contributed by atoms with van der Waals surface area (Å²) >= 11 is 15.2. The van der Waals surface area contributed by atoms with Crippen LogP contribution < -0.4 is 16.0 Å². The standard InChI is InChI=1S/C11H9BrCl2N4O2S/c12-7-2-3-8(11(14)10(7)13)18-21(19,20)6-1-4-9(17-15)16-5-6/h1-5,18H,15H2,(H,16,17). The van der Waals surface area contributed by atoms with Crippen molar-refractivity contribution < 1.29 is 8.42 Å². The minimum absolute atomic E-state index is 0.0309. The number of aromatic nitrogens is 1. The number of nitrogens with two attached hydrogens (primary N) is 1. The highest BCUT2D eigenvalue weighted by Crippen LogP contribution is 2.36. The SMILES string of the molecule is NNc1ccc(S(=O)(=O)Nc2ccc(Br)c(Cl)c2Cl)cn1. The number of hydrogen-bond donors (Lipinski definition) is 3. The molecule has 0 spiro atoms. The van der Waals surface area contributed by atoms with Crippen molar-refractivity contribution in [1.82, 2.24) is 4.98 Å². The lowest BCUT2D eigenvalue weighted by molar-refractivity contribution is 0.601. The van der Waals surface area contributed by atoms with Crippen LogP contribution in [0, 0.1) is 0 Å². The summed E-state index contributed by atoms with van der Waals surface area (Å²) < 4.78 is 27.4. The number of nitrogens with zero attached hydrogens (tertiary/aromatic N) is 1. The van der Waals surface area contributed by atoms with Gasteiger partial charge in [-0.1, -0.05) is 23.2 Å². The number of hydrazine groups is 1. The molecule has 0 aliphatic rings. The van der Waals surface area contributed by atoms with Gasteiger partial charge in [0.1, 0.15) is 10.7 Å². The van der Waals surface area contributed by atoms with Gasteiger partial charge >= 0.3 is 0 Å². The largest absolute Gasteiger partial charge is 0.308 e. The molecular formula is C11H9BrCl2N4O2S. The van der Waals surface area contributed by atoms with Crippen LogP contribution in [0.3, 0.4) is 0 Å². The van der Waals surface area contributed by atoms with E-state index >= 15 is 0 Å². The molecule has 0 saturated heterocycles. The van der Waals surface area contributed by atoms with Gasteiger partial charge in [0.2, 0.25) is 0 Å². The number of nitrogen functional groups attached to an aromatic ring is 1. The van der Waals surface area contributed by atoms with Crippen molar-refractivity contribution in [2.45, 2.75) is 4.90 Å². The van der Waals surface area contributed by atoms with Crippen LogP contribution in [0.25, 0.3) is 0 Å². The molecule has 0 radical (unpaired) electrons. The molecule has 0 amide bonds. The van der Waals surface area contributed by atoms with Gasteiger partial charge in [0.05, 0.1) is 15.7 Å². The summed E-state index contributed by atoms with van der Waals surface area (Å²) in [7, 11) is -3.83. The number of anilines is 2. The van der Waals surface area contributed by atoms with E-state index in [-0.39, 0.29) is 20.6 Å². The molecule has 0 atom stereocenters. The fraction of sp³-hybridized carbons (Fsp3) is 0. The van der Waals surface area contributed by atoms with Crippen molar-refractivity contribution in [2.24, 2.45) is 5.84 Å². The van der Waals surface area contributed by atoms with Crippen molar-refractivity contribution in [3.05, 3.63) is 45.0 Å². The van der Waals surface area contributed by atoms with Gasteiger partial charge in [-0.2, -0.15) is 0 Å². The van der Waals surface area contributed by atoms with Gasteiger partial charge < -0.3 is 5.43 Å². The zero-order valence-corrected chi connectivity index (χ0v) is 14.2. The molecule has 1 aromatic heterocycles. The summed E-state index contributed by atoms with van der Waals surface area (Å²) in [6.07, 6.45) is 1.17. The molecule has 10 heteroatoms. The summed E-state index contributed by atoms with van der Waals surface area (Å²) in [6.45, 7) is 0. The maximum Gasteiger partial charge on any atom is 0.263 e. The van der Waals surface area contributed by atoms with E-state index < -0.39 is 10.0 Å². The lowest BCUT2D eigenvalue weighted by atomic mass is 10.3. The van der Waals surface area contributed by atoms with Gasteiger partial charge in [0, 0.05) is 10.7 Å². The van der Waals surface area contributed by atoms with Crippen molar-refractivity contribution in [2.75, 3.05) is 10.1 Å². The third kappa shape index (κ3) is 3.58. The fourth-order valence-electron chi connectivity index (χ4n) is 1.43. The second-order valence-corrected chi connectivity index (χ2v) is 7.14. The number of benzene rings is 1. The fourth-order valence-corrected chi connectivity index (χ4v) is 3.33. The maximum atomic E-state index is 12.2. The average molecular weight is 412 g/mol. The van der Waals surface area contributed by atoms with Crippen molar-refractivity contribution in [1.29, 1.82) is 0 Å². The molecule has 6 nitrogen and oxygen atoms in total. The lowest BCUT2D eigenvalue weighted by Crippen LogP contribution is -2.14. The molecule has 0 bridgehead atoms. The van der Waals surface area contributed by atoms with Crippen molar-refractivity contribution in [3.63, 3.8) is 0 Å². The molecule has 4 N–H and O–H groups in total. The molecule has 0 fully saturated rings. The number of rotatable bonds is 4. The molecule has 2 rings (SSSR count). The van der Waals surface area contributed by atoms with Gasteiger partial charge in [-0.25, -0.2) is 19.2 Å². The first-order valence-corrected chi connectivity index (χ1v) is 8.47. The molecule has 0 saturated carbocycles. The van der Waals surface area contributed by atoms with Crippen LogP contribution in [0.4, 0.5) is 11.5 Å². The quantitative estimate of drug-likeness (QED) is 0.407. The Kier molecular flexibility index (Phi) is 4.95. The van der Waals surface area contributed by atoms with Crippen LogP contribution in [0.1, 0.15) is 0 Å². The van der Waals surface area contributed by atoms with Gasteiger partial charge in [0.15, 0.2) is 0 Å². The topological polar surface area (TPSA) is 97.1 Å². The first-order chi connectivity index (χ1) is 9.85. The van der Waals surface area contributed by atoms with Gasteiger partial charge in [0.25, 0.3) is 10.0 Å². The third-order valence-electron chi connectivity index (χ3n) is 2.47. The smallest absolute Gasteiger partial charge is 0.263 e. The van der Waals surface area contributed by atoms with E-state index in [1.807, 2.05) is 0 Å². The Bertz CT molecular complexity index is 769. The first-order valence-electron chi connectivity index (χ1n) is 5.44. The van der Waals surface area contributed by atoms with E-state index in [4.69, 9.17) is 29.0 Å². The number of hydrogen-bond acceptors (Lipinski definition) is 5. The van der Waals surface area contributed by atoms with Crippen LogP contribution in [0.2, 0.25) is 10.0 Å². The van der Waals surface area contributed by atoms with Crippen LogP contribution >= 0.6 is 39.1 Å². The number of pyridine rings is 1. The summed E-state index contributed by atoms with van der Waals surface area (Å²) in [5, 5.41) is 0.320. The highest BCUT2D eigenvalue weighted by atomic mass is 79.9. The molecule has 1 aromatic carbocycles. The molecule has 112 valence electrons. The zero-order valence-electron chi connectivity index (χ0n) is 10.3. The van der Waals surface area contributed by atoms with Crippen LogP contribution in [0.5, 0.6) is 0 Å². The van der Waals surface area contributed by atoms with E-state index in [1.54, 1.807) is 6.07 Å². The summed E-state index contributed by atoms with van der Waals surface area (Å²) in [5.41, 5.74) is 2.48. The first kappa shape index (κ1) is 16.3. The van der Waals surface area contributed by atoms with E-state index in [0.29, 0.717) is 10.3 Å². The number of halogens is 3. The van der Waals surface area contributed by atoms with Crippen LogP contribution in [0.15, 0.2) is 39.8 Å².